The van der Waals surface area contributed by atoms with Crippen molar-refractivity contribution in [3.8, 4) is 11.5 Å². The zero-order valence-electron chi connectivity index (χ0n) is 18.8. The molecular formula is C26H25ClN2O5. The monoisotopic (exact) mass is 480 g/mol. The number of carbonyl (C=O) groups excluding carboxylic acids is 1. The summed E-state index contributed by atoms with van der Waals surface area (Å²) < 4.78 is 17.6. The summed E-state index contributed by atoms with van der Waals surface area (Å²) in [5.41, 5.74) is 2.52. The van der Waals surface area contributed by atoms with E-state index in [4.69, 9.17) is 25.8 Å². The molecule has 3 aromatic rings. The molecule has 0 bridgehead atoms. The normalized spacial score (nSPS) is 15.1. The van der Waals surface area contributed by atoms with Crippen LogP contribution in [-0.4, -0.2) is 23.9 Å². The van der Waals surface area contributed by atoms with Gasteiger partial charge in [0.1, 0.15) is 18.8 Å². The molecule has 2 heterocycles. The third-order valence-corrected chi connectivity index (χ3v) is 6.87. The van der Waals surface area contributed by atoms with Crippen LogP contribution in [0.2, 0.25) is 5.02 Å². The van der Waals surface area contributed by atoms with Crippen molar-refractivity contribution >= 4 is 23.3 Å². The minimum absolute atomic E-state index is 0.0791. The lowest BCUT2D eigenvalue weighted by atomic mass is 9.95. The van der Waals surface area contributed by atoms with Gasteiger partial charge in [-0.25, -0.2) is 0 Å². The molecule has 1 N–H and O–H groups in total. The first-order valence-electron chi connectivity index (χ1n) is 11.2. The summed E-state index contributed by atoms with van der Waals surface area (Å²) in [5, 5.41) is 3.69. The summed E-state index contributed by atoms with van der Waals surface area (Å²) in [6.07, 6.45) is 2.00. The Balaban J connectivity index is 1.29. The lowest BCUT2D eigenvalue weighted by Gasteiger charge is -2.19. The van der Waals surface area contributed by atoms with Gasteiger partial charge in [-0.15, -0.1) is 0 Å². The second-order valence-electron chi connectivity index (χ2n) is 8.73. The van der Waals surface area contributed by atoms with Crippen LogP contribution < -0.4 is 20.3 Å². The van der Waals surface area contributed by atoms with E-state index in [0.29, 0.717) is 22.9 Å². The van der Waals surface area contributed by atoms with E-state index in [1.807, 2.05) is 48.5 Å². The highest BCUT2D eigenvalue weighted by Gasteiger charge is 2.44. The number of nitrogens with one attached hydrogen (secondary N) is 1. The number of pyridine rings is 1. The molecule has 2 aliphatic rings. The number of esters is 1. The highest BCUT2D eigenvalue weighted by Crippen LogP contribution is 2.50. The molecule has 5 rings (SSSR count). The van der Waals surface area contributed by atoms with Crippen molar-refractivity contribution in [2.75, 3.05) is 18.7 Å². The maximum Gasteiger partial charge on any atom is 0.326 e. The molecular weight excluding hydrogens is 456 g/mol. The number of aromatic nitrogens is 1. The lowest BCUT2D eigenvalue weighted by molar-refractivity contribution is -0.145. The first kappa shape index (κ1) is 22.3. The van der Waals surface area contributed by atoms with Crippen molar-refractivity contribution in [3.63, 3.8) is 0 Å². The molecule has 0 amide bonds. The van der Waals surface area contributed by atoms with Crippen LogP contribution in [0.3, 0.4) is 0 Å². The predicted molar refractivity (Wildman–Crippen MR) is 129 cm³/mol. The number of anilines is 1. The van der Waals surface area contributed by atoms with Gasteiger partial charge in [0.25, 0.3) is 5.56 Å². The Hall–Kier alpha value is -3.45. The van der Waals surface area contributed by atoms with Crippen LogP contribution in [0.5, 0.6) is 11.5 Å². The second-order valence-corrected chi connectivity index (χ2v) is 9.14. The Labute approximate surface area is 202 Å². The molecule has 0 radical (unpaired) electrons. The highest BCUT2D eigenvalue weighted by atomic mass is 35.5. The summed E-state index contributed by atoms with van der Waals surface area (Å²) in [7, 11) is 0. The number of rotatable bonds is 8. The number of ether oxygens (including phenoxy) is 3. The van der Waals surface area contributed by atoms with Crippen molar-refractivity contribution in [1.82, 2.24) is 4.57 Å². The second kappa shape index (κ2) is 9.06. The Morgan fingerprint density at radius 3 is 2.65 bits per heavy atom. The summed E-state index contributed by atoms with van der Waals surface area (Å²) in [6, 6.07) is 17.0. The number of nitrogens with zero attached hydrogens (tertiary/aromatic N) is 1. The standard InChI is InChI=1S/C26H25ClN2O5/c1-17-20(27)12-21(25(31)29(17)13-24(30)32-14-18-5-3-2-4-6-18)28-15-26(9-10-26)19-7-8-22-23(11-19)34-16-33-22/h2-8,11-12,28H,9-10,13-16H2,1H3. The largest absolute Gasteiger partial charge is 0.459 e. The van der Waals surface area contributed by atoms with E-state index in [1.54, 1.807) is 13.0 Å². The van der Waals surface area contributed by atoms with E-state index in [1.165, 1.54) is 4.57 Å². The van der Waals surface area contributed by atoms with E-state index in [0.717, 1.165) is 35.5 Å². The molecule has 1 fully saturated rings. The molecule has 0 spiro atoms. The molecule has 0 atom stereocenters. The van der Waals surface area contributed by atoms with E-state index >= 15 is 0 Å². The minimum Gasteiger partial charge on any atom is -0.459 e. The molecule has 2 aromatic carbocycles. The molecule has 1 saturated carbocycles. The van der Waals surface area contributed by atoms with Gasteiger partial charge < -0.3 is 19.5 Å². The van der Waals surface area contributed by atoms with Gasteiger partial charge in [-0.05, 0) is 49.1 Å². The number of halogens is 1. The highest BCUT2D eigenvalue weighted by molar-refractivity contribution is 6.31. The van der Waals surface area contributed by atoms with Crippen LogP contribution in [0.15, 0.2) is 59.4 Å². The van der Waals surface area contributed by atoms with E-state index in [9.17, 15) is 9.59 Å². The third kappa shape index (κ3) is 4.48. The van der Waals surface area contributed by atoms with Crippen LogP contribution in [0.1, 0.15) is 29.7 Å². The quantitative estimate of drug-likeness (QED) is 0.481. The van der Waals surface area contributed by atoms with Crippen molar-refractivity contribution in [2.24, 2.45) is 0 Å². The molecule has 176 valence electrons. The third-order valence-electron chi connectivity index (χ3n) is 6.48. The molecule has 1 aromatic heterocycles. The Bertz CT molecular complexity index is 1280. The fraction of sp³-hybridized carbons (Fsp3) is 0.308. The molecule has 8 heteroatoms. The molecule has 7 nitrogen and oxygen atoms in total. The summed E-state index contributed by atoms with van der Waals surface area (Å²) in [6.45, 7) is 2.46. The fourth-order valence-corrected chi connectivity index (χ4v) is 4.37. The maximum absolute atomic E-state index is 13.2. The maximum atomic E-state index is 13.2. The summed E-state index contributed by atoms with van der Waals surface area (Å²) >= 11 is 6.41. The van der Waals surface area contributed by atoms with Crippen molar-refractivity contribution in [3.05, 3.63) is 86.8 Å². The Morgan fingerprint density at radius 1 is 1.12 bits per heavy atom. The van der Waals surface area contributed by atoms with Gasteiger partial charge >= 0.3 is 5.97 Å². The lowest BCUT2D eigenvalue weighted by Crippen LogP contribution is -2.31. The van der Waals surface area contributed by atoms with Crippen LogP contribution in [0, 0.1) is 6.92 Å². The number of hydrogen-bond acceptors (Lipinski definition) is 6. The molecule has 1 aliphatic carbocycles. The topological polar surface area (TPSA) is 78.8 Å². The van der Waals surface area contributed by atoms with Crippen molar-refractivity contribution in [1.29, 1.82) is 0 Å². The van der Waals surface area contributed by atoms with Gasteiger partial charge in [0, 0.05) is 17.7 Å². The van der Waals surface area contributed by atoms with Crippen LogP contribution in [0.4, 0.5) is 5.69 Å². The predicted octanol–water partition coefficient (Wildman–Crippen LogP) is 4.43. The van der Waals surface area contributed by atoms with Gasteiger partial charge in [0.15, 0.2) is 11.5 Å². The molecule has 0 unspecified atom stereocenters. The van der Waals surface area contributed by atoms with Crippen molar-refractivity contribution < 1.29 is 19.0 Å². The van der Waals surface area contributed by atoms with Gasteiger partial charge in [-0.1, -0.05) is 48.0 Å². The number of fused-ring (bicyclic) bond motifs is 1. The smallest absolute Gasteiger partial charge is 0.326 e. The number of hydrogen-bond donors (Lipinski definition) is 1. The van der Waals surface area contributed by atoms with Crippen LogP contribution in [-0.2, 0) is 28.1 Å². The molecule has 1 aliphatic heterocycles. The average molecular weight is 481 g/mol. The average Bonchev–Trinajstić information content (AvgIpc) is 3.50. The van der Waals surface area contributed by atoms with Gasteiger partial charge in [0.2, 0.25) is 6.79 Å². The molecule has 0 saturated heterocycles. The fourth-order valence-electron chi connectivity index (χ4n) is 4.16. The first-order valence-corrected chi connectivity index (χ1v) is 11.6. The van der Waals surface area contributed by atoms with Crippen LogP contribution >= 0.6 is 11.6 Å². The van der Waals surface area contributed by atoms with Crippen molar-refractivity contribution in [2.45, 2.75) is 38.3 Å². The Kier molecular flexibility index (Phi) is 5.96. The SMILES string of the molecule is Cc1c(Cl)cc(NCC2(c3ccc4c(c3)OCO4)CC2)c(=O)n1CC(=O)OCc1ccccc1. The minimum atomic E-state index is -0.499. The van der Waals surface area contributed by atoms with E-state index in [-0.39, 0.29) is 30.9 Å². The number of carbonyl (C=O) groups is 1. The van der Waals surface area contributed by atoms with Gasteiger partial charge in [-0.3, -0.25) is 14.2 Å². The number of benzene rings is 2. The summed E-state index contributed by atoms with van der Waals surface area (Å²) in [5.74, 6) is 1.000. The first-order chi connectivity index (χ1) is 16.4. The zero-order valence-corrected chi connectivity index (χ0v) is 19.6. The van der Waals surface area contributed by atoms with Gasteiger partial charge in [0.05, 0.1) is 5.02 Å². The van der Waals surface area contributed by atoms with E-state index in [2.05, 4.69) is 5.32 Å². The van der Waals surface area contributed by atoms with Crippen LogP contribution in [0.25, 0.3) is 0 Å². The molecule has 34 heavy (non-hydrogen) atoms. The summed E-state index contributed by atoms with van der Waals surface area (Å²) in [4.78, 5) is 25.6. The zero-order chi connectivity index (χ0) is 23.7. The van der Waals surface area contributed by atoms with E-state index < -0.39 is 5.97 Å². The Morgan fingerprint density at radius 2 is 1.88 bits per heavy atom. The van der Waals surface area contributed by atoms with Gasteiger partial charge in [-0.2, -0.15) is 0 Å².